The Bertz CT molecular complexity index is 335. The molecule has 0 fully saturated rings. The first-order chi connectivity index (χ1) is 7.56. The molecule has 1 aromatic rings. The van der Waals surface area contributed by atoms with Crippen LogP contribution in [-0.4, -0.2) is 18.8 Å². The van der Waals surface area contributed by atoms with Crippen molar-refractivity contribution in [3.8, 4) is 0 Å². The van der Waals surface area contributed by atoms with Gasteiger partial charge >= 0.3 is 0 Å². The lowest BCUT2D eigenvalue weighted by molar-refractivity contribution is 0.130. The summed E-state index contributed by atoms with van der Waals surface area (Å²) in [5.74, 6) is -1.48. The summed E-state index contributed by atoms with van der Waals surface area (Å²) in [6.45, 7) is 0.455. The van der Waals surface area contributed by atoms with Crippen LogP contribution in [0.4, 0.5) is 8.78 Å². The summed E-state index contributed by atoms with van der Waals surface area (Å²) in [5, 5.41) is 9.65. The highest BCUT2D eigenvalue weighted by atomic mass is 79.9. The molecule has 1 atom stereocenters. The maximum atomic E-state index is 13.4. The molecular formula is C11H13BrF2O2. The minimum absolute atomic E-state index is 0.267. The molecule has 16 heavy (non-hydrogen) atoms. The molecule has 1 unspecified atom stereocenters. The van der Waals surface area contributed by atoms with Crippen LogP contribution in [0, 0.1) is 11.6 Å². The number of methoxy groups -OCH3 is 1. The Kier molecular flexibility index (Phi) is 5.31. The fourth-order valence-electron chi connectivity index (χ4n) is 1.44. The van der Waals surface area contributed by atoms with Gasteiger partial charge in [0.2, 0.25) is 0 Å². The molecule has 2 nitrogen and oxygen atoms in total. The van der Waals surface area contributed by atoms with Gasteiger partial charge in [-0.05, 0) is 25.0 Å². The zero-order chi connectivity index (χ0) is 12.1. The molecule has 0 aliphatic heterocycles. The average Bonchev–Trinajstić information content (AvgIpc) is 2.16. The fourth-order valence-corrected chi connectivity index (χ4v) is 1.84. The Morgan fingerprint density at radius 2 is 1.94 bits per heavy atom. The van der Waals surface area contributed by atoms with E-state index in [0.717, 1.165) is 12.1 Å². The Morgan fingerprint density at radius 3 is 2.44 bits per heavy atom. The normalized spacial score (nSPS) is 12.8. The monoisotopic (exact) mass is 294 g/mol. The third-order valence-corrected chi connectivity index (χ3v) is 2.66. The molecule has 0 amide bonds. The molecule has 1 N–H and O–H groups in total. The molecule has 5 heteroatoms. The molecule has 90 valence electrons. The van der Waals surface area contributed by atoms with Gasteiger partial charge in [-0.15, -0.1) is 0 Å². The maximum absolute atomic E-state index is 13.4. The molecule has 0 saturated heterocycles. The first-order valence-electron chi connectivity index (χ1n) is 4.87. The van der Waals surface area contributed by atoms with E-state index in [1.54, 1.807) is 0 Å². The lowest BCUT2D eigenvalue weighted by Gasteiger charge is -2.13. The minimum Gasteiger partial charge on any atom is -0.388 e. The van der Waals surface area contributed by atoms with Gasteiger partial charge in [0.1, 0.15) is 11.6 Å². The van der Waals surface area contributed by atoms with E-state index in [9.17, 15) is 13.9 Å². The first kappa shape index (κ1) is 13.5. The third kappa shape index (κ3) is 3.50. The van der Waals surface area contributed by atoms with Crippen LogP contribution < -0.4 is 0 Å². The highest BCUT2D eigenvalue weighted by molar-refractivity contribution is 9.10. The number of aliphatic hydroxyl groups excluding tert-OH is 1. The standard InChI is InChI=1S/C11H13BrF2O2/c1-16-4-2-3-10(15)11-8(13)5-7(12)6-9(11)14/h5-6,10,15H,2-4H2,1H3. The van der Waals surface area contributed by atoms with Gasteiger partial charge < -0.3 is 9.84 Å². The number of halogens is 3. The van der Waals surface area contributed by atoms with Crippen molar-refractivity contribution in [2.45, 2.75) is 18.9 Å². The van der Waals surface area contributed by atoms with E-state index in [1.807, 2.05) is 0 Å². The predicted octanol–water partition coefficient (Wildman–Crippen LogP) is 3.19. The second-order valence-corrected chi connectivity index (χ2v) is 4.35. The summed E-state index contributed by atoms with van der Waals surface area (Å²) in [7, 11) is 1.53. The highest BCUT2D eigenvalue weighted by Gasteiger charge is 2.18. The van der Waals surface area contributed by atoms with Crippen molar-refractivity contribution >= 4 is 15.9 Å². The molecule has 0 heterocycles. The van der Waals surface area contributed by atoms with E-state index in [-0.39, 0.29) is 12.0 Å². The summed E-state index contributed by atoms with van der Waals surface area (Å²) in [4.78, 5) is 0. The summed E-state index contributed by atoms with van der Waals surface area (Å²) in [5.41, 5.74) is -0.278. The number of hydrogen-bond donors (Lipinski definition) is 1. The van der Waals surface area contributed by atoms with Crippen molar-refractivity contribution < 1.29 is 18.6 Å². The van der Waals surface area contributed by atoms with Gasteiger partial charge in [-0.2, -0.15) is 0 Å². The van der Waals surface area contributed by atoms with Crippen LogP contribution in [0.5, 0.6) is 0 Å². The molecule has 0 radical (unpaired) electrons. The molecule has 1 rings (SSSR count). The summed E-state index contributed by atoms with van der Waals surface area (Å²) < 4.78 is 31.9. The van der Waals surface area contributed by atoms with Gasteiger partial charge in [-0.1, -0.05) is 15.9 Å². The number of hydrogen-bond acceptors (Lipinski definition) is 2. The Labute approximate surface area is 101 Å². The Morgan fingerprint density at radius 1 is 1.38 bits per heavy atom. The van der Waals surface area contributed by atoms with Crippen LogP contribution in [0.1, 0.15) is 24.5 Å². The van der Waals surface area contributed by atoms with E-state index in [4.69, 9.17) is 4.74 Å². The maximum Gasteiger partial charge on any atom is 0.133 e. The Hall–Kier alpha value is -0.520. The van der Waals surface area contributed by atoms with Crippen LogP contribution in [0.2, 0.25) is 0 Å². The highest BCUT2D eigenvalue weighted by Crippen LogP contribution is 2.27. The van der Waals surface area contributed by atoms with Crippen molar-refractivity contribution in [2.75, 3.05) is 13.7 Å². The van der Waals surface area contributed by atoms with E-state index < -0.39 is 17.7 Å². The lowest BCUT2D eigenvalue weighted by atomic mass is 10.0. The van der Waals surface area contributed by atoms with Crippen molar-refractivity contribution in [3.05, 3.63) is 33.8 Å². The predicted molar refractivity (Wildman–Crippen MR) is 60.1 cm³/mol. The lowest BCUT2D eigenvalue weighted by Crippen LogP contribution is -2.05. The molecule has 1 aromatic carbocycles. The number of rotatable bonds is 5. The first-order valence-corrected chi connectivity index (χ1v) is 5.67. The van der Waals surface area contributed by atoms with E-state index >= 15 is 0 Å². The number of ether oxygens (including phenoxy) is 1. The van der Waals surface area contributed by atoms with Gasteiger partial charge in [0, 0.05) is 18.2 Å². The van der Waals surface area contributed by atoms with Crippen LogP contribution in [-0.2, 0) is 4.74 Å². The largest absolute Gasteiger partial charge is 0.388 e. The second kappa shape index (κ2) is 6.27. The number of aliphatic hydroxyl groups is 1. The van der Waals surface area contributed by atoms with Gasteiger partial charge in [0.15, 0.2) is 0 Å². The number of benzene rings is 1. The molecule has 0 spiro atoms. The van der Waals surface area contributed by atoms with Gasteiger partial charge in [0.05, 0.1) is 11.7 Å². The van der Waals surface area contributed by atoms with Gasteiger partial charge in [0.25, 0.3) is 0 Å². The van der Waals surface area contributed by atoms with Gasteiger partial charge in [-0.25, -0.2) is 8.78 Å². The van der Waals surface area contributed by atoms with E-state index in [1.165, 1.54) is 7.11 Å². The van der Waals surface area contributed by atoms with E-state index in [0.29, 0.717) is 17.5 Å². The smallest absolute Gasteiger partial charge is 0.133 e. The van der Waals surface area contributed by atoms with Crippen molar-refractivity contribution in [1.29, 1.82) is 0 Å². The van der Waals surface area contributed by atoms with Crippen LogP contribution in [0.25, 0.3) is 0 Å². The van der Waals surface area contributed by atoms with E-state index in [2.05, 4.69) is 15.9 Å². The van der Waals surface area contributed by atoms with Gasteiger partial charge in [-0.3, -0.25) is 0 Å². The molecule has 0 aliphatic rings. The quantitative estimate of drug-likeness (QED) is 0.845. The summed E-state index contributed by atoms with van der Waals surface area (Å²) in [6, 6.07) is 2.27. The summed E-state index contributed by atoms with van der Waals surface area (Å²) in [6.07, 6.45) is -0.320. The topological polar surface area (TPSA) is 29.5 Å². The van der Waals surface area contributed by atoms with Crippen LogP contribution in [0.3, 0.4) is 0 Å². The molecule has 0 bridgehead atoms. The second-order valence-electron chi connectivity index (χ2n) is 3.43. The molecule has 0 aromatic heterocycles. The van der Waals surface area contributed by atoms with Crippen LogP contribution >= 0.6 is 15.9 Å². The van der Waals surface area contributed by atoms with Crippen molar-refractivity contribution in [1.82, 2.24) is 0 Å². The van der Waals surface area contributed by atoms with Crippen molar-refractivity contribution in [2.24, 2.45) is 0 Å². The van der Waals surface area contributed by atoms with Crippen LogP contribution in [0.15, 0.2) is 16.6 Å². The molecular weight excluding hydrogens is 282 g/mol. The SMILES string of the molecule is COCCCC(O)c1c(F)cc(Br)cc1F. The third-order valence-electron chi connectivity index (χ3n) is 2.20. The zero-order valence-electron chi connectivity index (χ0n) is 8.84. The van der Waals surface area contributed by atoms with Crippen molar-refractivity contribution in [3.63, 3.8) is 0 Å². The summed E-state index contributed by atoms with van der Waals surface area (Å²) >= 11 is 2.98. The average molecular weight is 295 g/mol. The zero-order valence-corrected chi connectivity index (χ0v) is 10.4. The molecule has 0 saturated carbocycles. The Balaban J connectivity index is 2.78. The minimum atomic E-state index is -1.14. The fraction of sp³-hybridized carbons (Fsp3) is 0.455. The molecule has 0 aliphatic carbocycles.